The van der Waals surface area contributed by atoms with E-state index >= 15 is 0 Å². The van der Waals surface area contributed by atoms with Gasteiger partial charge in [-0.05, 0) is 38.1 Å². The quantitative estimate of drug-likeness (QED) is 0.743. The molecule has 0 aliphatic carbocycles. The summed E-state index contributed by atoms with van der Waals surface area (Å²) in [5, 5.41) is 3.43. The van der Waals surface area contributed by atoms with Crippen LogP contribution in [0.3, 0.4) is 0 Å². The summed E-state index contributed by atoms with van der Waals surface area (Å²) in [5.74, 6) is 1.56. The van der Waals surface area contributed by atoms with Crippen LogP contribution in [0.1, 0.15) is 28.7 Å². The van der Waals surface area contributed by atoms with Crippen molar-refractivity contribution in [2.45, 2.75) is 33.4 Å². The van der Waals surface area contributed by atoms with Crippen molar-refractivity contribution in [1.82, 2.24) is 5.32 Å². The summed E-state index contributed by atoms with van der Waals surface area (Å²) in [4.78, 5) is 2.68. The van der Waals surface area contributed by atoms with Gasteiger partial charge in [-0.1, -0.05) is 19.1 Å². The third kappa shape index (κ3) is 4.48. The Morgan fingerprint density at radius 2 is 1.95 bits per heavy atom. The zero-order chi connectivity index (χ0) is 15.1. The lowest BCUT2D eigenvalue weighted by molar-refractivity contribution is 0.284. The average Bonchev–Trinajstić information content (AvgIpc) is 2.86. The second kappa shape index (κ2) is 8.05. The first-order valence-electron chi connectivity index (χ1n) is 7.29. The summed E-state index contributed by atoms with van der Waals surface area (Å²) in [5.41, 5.74) is 1.25. The van der Waals surface area contributed by atoms with Crippen molar-refractivity contribution in [2.75, 3.05) is 13.7 Å². The predicted octanol–water partition coefficient (Wildman–Crippen LogP) is 4.14. The zero-order valence-electron chi connectivity index (χ0n) is 12.9. The summed E-state index contributed by atoms with van der Waals surface area (Å²) in [7, 11) is 1.66. The van der Waals surface area contributed by atoms with Crippen LogP contribution in [0.15, 0.2) is 30.3 Å². The minimum absolute atomic E-state index is 0.580. The van der Waals surface area contributed by atoms with E-state index in [1.807, 2.05) is 35.6 Å². The van der Waals surface area contributed by atoms with Crippen molar-refractivity contribution in [3.05, 3.63) is 45.6 Å². The van der Waals surface area contributed by atoms with Gasteiger partial charge >= 0.3 is 0 Å². The number of aryl methyl sites for hydroxylation is 1. The number of hydrogen-bond donors (Lipinski definition) is 1. The Labute approximate surface area is 130 Å². The molecule has 1 aromatic heterocycles. The van der Waals surface area contributed by atoms with Gasteiger partial charge in [-0.25, -0.2) is 0 Å². The number of para-hydroxylation sites is 2. The highest BCUT2D eigenvalue weighted by atomic mass is 32.1. The largest absolute Gasteiger partial charge is 0.493 e. The van der Waals surface area contributed by atoms with E-state index in [2.05, 4.69) is 25.2 Å². The van der Waals surface area contributed by atoms with Gasteiger partial charge in [0.2, 0.25) is 0 Å². The standard InChI is InChI=1S/C17H23NO2S/c1-4-9-18-11-15-10-14(13(2)21-15)12-20-17-8-6-5-7-16(17)19-3/h5-8,10,18H,4,9,11-12H2,1-3H3. The third-order valence-electron chi connectivity index (χ3n) is 3.25. The molecule has 2 rings (SSSR count). The second-order valence-corrected chi connectivity index (χ2v) is 6.25. The van der Waals surface area contributed by atoms with Crippen LogP contribution in [0.5, 0.6) is 11.5 Å². The van der Waals surface area contributed by atoms with Crippen molar-refractivity contribution < 1.29 is 9.47 Å². The molecule has 0 unspecified atom stereocenters. The van der Waals surface area contributed by atoms with E-state index in [1.54, 1.807) is 7.11 Å². The van der Waals surface area contributed by atoms with Gasteiger partial charge in [-0.15, -0.1) is 11.3 Å². The summed E-state index contributed by atoms with van der Waals surface area (Å²) in [6, 6.07) is 9.98. The Bertz CT molecular complexity index is 566. The fraction of sp³-hybridized carbons (Fsp3) is 0.412. The van der Waals surface area contributed by atoms with E-state index in [-0.39, 0.29) is 0 Å². The number of rotatable bonds is 8. The van der Waals surface area contributed by atoms with Crippen LogP contribution in [0.4, 0.5) is 0 Å². The first-order chi connectivity index (χ1) is 10.2. The van der Waals surface area contributed by atoms with Gasteiger partial charge in [0, 0.05) is 21.9 Å². The molecule has 0 aliphatic rings. The maximum absolute atomic E-state index is 5.90. The van der Waals surface area contributed by atoms with Crippen LogP contribution in [0, 0.1) is 6.92 Å². The average molecular weight is 305 g/mol. The number of benzene rings is 1. The summed E-state index contributed by atoms with van der Waals surface area (Å²) in [6.45, 7) is 6.91. The number of nitrogens with one attached hydrogen (secondary N) is 1. The van der Waals surface area contributed by atoms with E-state index < -0.39 is 0 Å². The van der Waals surface area contributed by atoms with Crippen LogP contribution >= 0.6 is 11.3 Å². The lowest BCUT2D eigenvalue weighted by Crippen LogP contribution is -2.12. The first-order valence-corrected chi connectivity index (χ1v) is 8.11. The molecule has 0 saturated carbocycles. The van der Waals surface area contributed by atoms with E-state index in [9.17, 15) is 0 Å². The molecular formula is C17H23NO2S. The van der Waals surface area contributed by atoms with Crippen LogP contribution in [-0.2, 0) is 13.2 Å². The molecule has 1 aromatic carbocycles. The second-order valence-electron chi connectivity index (χ2n) is 4.91. The molecule has 0 atom stereocenters. The molecule has 1 heterocycles. The van der Waals surface area contributed by atoms with Gasteiger partial charge in [0.05, 0.1) is 7.11 Å². The van der Waals surface area contributed by atoms with Gasteiger partial charge in [0.15, 0.2) is 11.5 Å². The number of methoxy groups -OCH3 is 1. The molecule has 3 nitrogen and oxygen atoms in total. The number of hydrogen-bond acceptors (Lipinski definition) is 4. The van der Waals surface area contributed by atoms with E-state index in [1.165, 1.54) is 15.3 Å². The maximum Gasteiger partial charge on any atom is 0.161 e. The fourth-order valence-corrected chi connectivity index (χ4v) is 3.12. The highest BCUT2D eigenvalue weighted by molar-refractivity contribution is 7.12. The Hall–Kier alpha value is -1.52. The molecule has 0 bridgehead atoms. The molecule has 0 saturated heterocycles. The van der Waals surface area contributed by atoms with E-state index in [0.29, 0.717) is 6.61 Å². The van der Waals surface area contributed by atoms with Gasteiger partial charge in [-0.2, -0.15) is 0 Å². The molecule has 21 heavy (non-hydrogen) atoms. The molecule has 0 amide bonds. The van der Waals surface area contributed by atoms with Gasteiger partial charge in [-0.3, -0.25) is 0 Å². The SMILES string of the molecule is CCCNCc1cc(COc2ccccc2OC)c(C)s1. The lowest BCUT2D eigenvalue weighted by atomic mass is 10.2. The van der Waals surface area contributed by atoms with E-state index in [4.69, 9.17) is 9.47 Å². The summed E-state index contributed by atoms with van der Waals surface area (Å²) >= 11 is 1.84. The van der Waals surface area contributed by atoms with Crippen LogP contribution in [0.2, 0.25) is 0 Å². The molecule has 0 radical (unpaired) electrons. The minimum atomic E-state index is 0.580. The third-order valence-corrected chi connectivity index (χ3v) is 4.34. The highest BCUT2D eigenvalue weighted by Crippen LogP contribution is 2.28. The molecule has 0 spiro atoms. The Morgan fingerprint density at radius 1 is 1.19 bits per heavy atom. The highest BCUT2D eigenvalue weighted by Gasteiger charge is 2.08. The Kier molecular flexibility index (Phi) is 6.08. The molecule has 2 aromatic rings. The Balaban J connectivity index is 1.96. The normalized spacial score (nSPS) is 10.6. The van der Waals surface area contributed by atoms with Crippen molar-refractivity contribution in [3.8, 4) is 11.5 Å². The molecule has 0 aliphatic heterocycles. The van der Waals surface area contributed by atoms with Crippen LogP contribution in [0.25, 0.3) is 0 Å². The van der Waals surface area contributed by atoms with Gasteiger partial charge < -0.3 is 14.8 Å². The molecule has 1 N–H and O–H groups in total. The van der Waals surface area contributed by atoms with Crippen molar-refractivity contribution in [1.29, 1.82) is 0 Å². The Morgan fingerprint density at radius 3 is 2.67 bits per heavy atom. The predicted molar refractivity (Wildman–Crippen MR) is 88.4 cm³/mol. The number of thiophene rings is 1. The summed E-state index contributed by atoms with van der Waals surface area (Å²) < 4.78 is 11.2. The van der Waals surface area contributed by atoms with Crippen molar-refractivity contribution >= 4 is 11.3 Å². The molecule has 0 fully saturated rings. The fourth-order valence-electron chi connectivity index (χ4n) is 2.10. The van der Waals surface area contributed by atoms with Crippen molar-refractivity contribution in [2.24, 2.45) is 0 Å². The molecular weight excluding hydrogens is 282 g/mol. The zero-order valence-corrected chi connectivity index (χ0v) is 13.8. The summed E-state index contributed by atoms with van der Waals surface area (Å²) in [6.07, 6.45) is 1.16. The van der Waals surface area contributed by atoms with Gasteiger partial charge in [0.25, 0.3) is 0 Å². The molecule has 114 valence electrons. The lowest BCUT2D eigenvalue weighted by Gasteiger charge is -2.09. The molecule has 4 heteroatoms. The van der Waals surface area contributed by atoms with E-state index in [0.717, 1.165) is 31.0 Å². The topological polar surface area (TPSA) is 30.5 Å². The minimum Gasteiger partial charge on any atom is -0.493 e. The van der Waals surface area contributed by atoms with Crippen molar-refractivity contribution in [3.63, 3.8) is 0 Å². The first kappa shape index (κ1) is 15.9. The number of ether oxygens (including phenoxy) is 2. The maximum atomic E-state index is 5.90. The smallest absolute Gasteiger partial charge is 0.161 e. The van der Waals surface area contributed by atoms with Crippen LogP contribution < -0.4 is 14.8 Å². The monoisotopic (exact) mass is 305 g/mol. The van der Waals surface area contributed by atoms with Gasteiger partial charge in [0.1, 0.15) is 6.61 Å². The van der Waals surface area contributed by atoms with Crippen LogP contribution in [-0.4, -0.2) is 13.7 Å².